The molecule has 0 saturated carbocycles. The van der Waals surface area contributed by atoms with Gasteiger partial charge >= 0.3 is 0 Å². The Hall–Kier alpha value is -1.68. The van der Waals surface area contributed by atoms with E-state index in [0.29, 0.717) is 0 Å². The van der Waals surface area contributed by atoms with Crippen molar-refractivity contribution in [3.8, 4) is 11.1 Å². The molecule has 1 N–H and O–H groups in total. The third kappa shape index (κ3) is 3.99. The zero-order valence-corrected chi connectivity index (χ0v) is 13.7. The number of nitrogens with zero attached hydrogens (tertiary/aromatic N) is 1. The standard InChI is InChI=1S/C20H25NO2/c1-2-20(22)17-9-7-16(8-10-17)19-6-4-3-5-18(19)15-21-11-13-23-14-12-21/h3-10,20,22H,2,11-15H2,1H3/t20-/m1/s1. The summed E-state index contributed by atoms with van der Waals surface area (Å²) in [6.07, 6.45) is 0.375. The fourth-order valence-corrected chi connectivity index (χ4v) is 3.06. The lowest BCUT2D eigenvalue weighted by Crippen LogP contribution is -2.35. The molecule has 122 valence electrons. The van der Waals surface area contributed by atoms with Crippen molar-refractivity contribution in [2.75, 3.05) is 26.3 Å². The molecule has 2 aromatic rings. The molecule has 23 heavy (non-hydrogen) atoms. The van der Waals surface area contributed by atoms with Crippen LogP contribution in [0.3, 0.4) is 0 Å². The van der Waals surface area contributed by atoms with Gasteiger partial charge in [-0.15, -0.1) is 0 Å². The van der Waals surface area contributed by atoms with Crippen molar-refractivity contribution in [1.29, 1.82) is 0 Å². The Morgan fingerprint density at radius 1 is 1.04 bits per heavy atom. The smallest absolute Gasteiger partial charge is 0.0787 e. The van der Waals surface area contributed by atoms with E-state index < -0.39 is 0 Å². The number of aliphatic hydroxyl groups excluding tert-OH is 1. The Morgan fingerprint density at radius 3 is 2.43 bits per heavy atom. The van der Waals surface area contributed by atoms with Gasteiger partial charge in [0.15, 0.2) is 0 Å². The normalized spacial score (nSPS) is 17.1. The van der Waals surface area contributed by atoms with Gasteiger partial charge in [0, 0.05) is 19.6 Å². The number of ether oxygens (including phenoxy) is 1. The lowest BCUT2D eigenvalue weighted by Gasteiger charge is -2.27. The van der Waals surface area contributed by atoms with Crippen LogP contribution < -0.4 is 0 Å². The number of rotatable bonds is 5. The Kier molecular flexibility index (Phi) is 5.44. The summed E-state index contributed by atoms with van der Waals surface area (Å²) in [5.41, 5.74) is 4.82. The topological polar surface area (TPSA) is 32.7 Å². The van der Waals surface area contributed by atoms with Gasteiger partial charge in [0.25, 0.3) is 0 Å². The van der Waals surface area contributed by atoms with Gasteiger partial charge in [0.2, 0.25) is 0 Å². The quantitative estimate of drug-likeness (QED) is 0.915. The minimum Gasteiger partial charge on any atom is -0.388 e. The van der Waals surface area contributed by atoms with Crippen LogP contribution in [-0.2, 0) is 11.3 Å². The average Bonchev–Trinajstić information content (AvgIpc) is 2.62. The van der Waals surface area contributed by atoms with Crippen LogP contribution in [0.25, 0.3) is 11.1 Å². The SMILES string of the molecule is CC[C@@H](O)c1ccc(-c2ccccc2CN2CCOCC2)cc1. The van der Waals surface area contributed by atoms with Crippen molar-refractivity contribution in [2.24, 2.45) is 0 Å². The van der Waals surface area contributed by atoms with E-state index in [9.17, 15) is 5.11 Å². The van der Waals surface area contributed by atoms with Crippen LogP contribution in [0.5, 0.6) is 0 Å². The molecule has 1 heterocycles. The number of morpholine rings is 1. The number of hydrogen-bond acceptors (Lipinski definition) is 3. The largest absolute Gasteiger partial charge is 0.388 e. The minimum atomic E-state index is -0.368. The zero-order chi connectivity index (χ0) is 16.1. The molecule has 1 aliphatic heterocycles. The molecule has 0 unspecified atom stereocenters. The van der Waals surface area contributed by atoms with E-state index in [1.165, 1.54) is 16.7 Å². The van der Waals surface area contributed by atoms with Crippen LogP contribution >= 0.6 is 0 Å². The first-order chi connectivity index (χ1) is 11.3. The highest BCUT2D eigenvalue weighted by atomic mass is 16.5. The van der Waals surface area contributed by atoms with Crippen LogP contribution in [0.2, 0.25) is 0 Å². The summed E-state index contributed by atoms with van der Waals surface area (Å²) in [6, 6.07) is 16.9. The fraction of sp³-hybridized carbons (Fsp3) is 0.400. The second-order valence-electron chi connectivity index (χ2n) is 6.09. The van der Waals surface area contributed by atoms with Gasteiger partial charge in [-0.1, -0.05) is 55.5 Å². The third-order valence-electron chi connectivity index (χ3n) is 4.51. The maximum absolute atomic E-state index is 9.94. The molecule has 1 fully saturated rings. The van der Waals surface area contributed by atoms with Gasteiger partial charge in [0.05, 0.1) is 19.3 Å². The van der Waals surface area contributed by atoms with Crippen LogP contribution in [0, 0.1) is 0 Å². The lowest BCUT2D eigenvalue weighted by atomic mass is 9.97. The van der Waals surface area contributed by atoms with Crippen LogP contribution in [0.15, 0.2) is 48.5 Å². The van der Waals surface area contributed by atoms with Crippen LogP contribution in [0.1, 0.15) is 30.6 Å². The highest BCUT2D eigenvalue weighted by molar-refractivity contribution is 5.67. The molecule has 0 bridgehead atoms. The maximum atomic E-state index is 9.94. The Labute approximate surface area is 138 Å². The first-order valence-electron chi connectivity index (χ1n) is 8.44. The van der Waals surface area contributed by atoms with Crippen molar-refractivity contribution >= 4 is 0 Å². The van der Waals surface area contributed by atoms with Gasteiger partial charge in [0.1, 0.15) is 0 Å². The fourth-order valence-electron chi connectivity index (χ4n) is 3.06. The molecule has 1 saturated heterocycles. The van der Waals surface area contributed by atoms with Crippen molar-refractivity contribution in [3.05, 3.63) is 59.7 Å². The first kappa shape index (κ1) is 16.2. The number of benzene rings is 2. The predicted molar refractivity (Wildman–Crippen MR) is 93.2 cm³/mol. The zero-order valence-electron chi connectivity index (χ0n) is 13.7. The van der Waals surface area contributed by atoms with E-state index >= 15 is 0 Å². The molecule has 0 spiro atoms. The minimum absolute atomic E-state index is 0.368. The Bertz CT molecular complexity index is 618. The van der Waals surface area contributed by atoms with E-state index in [4.69, 9.17) is 4.74 Å². The summed E-state index contributed by atoms with van der Waals surface area (Å²) in [7, 11) is 0. The summed E-state index contributed by atoms with van der Waals surface area (Å²) in [4.78, 5) is 2.44. The van der Waals surface area contributed by atoms with Crippen molar-refractivity contribution in [3.63, 3.8) is 0 Å². The molecule has 3 heteroatoms. The van der Waals surface area contributed by atoms with Crippen molar-refractivity contribution < 1.29 is 9.84 Å². The molecule has 0 aromatic heterocycles. The van der Waals surface area contributed by atoms with Crippen molar-refractivity contribution in [2.45, 2.75) is 26.0 Å². The molecule has 0 aliphatic carbocycles. The molecule has 1 aliphatic rings. The van der Waals surface area contributed by atoms with E-state index in [0.717, 1.165) is 44.8 Å². The summed E-state index contributed by atoms with van der Waals surface area (Å²) in [5.74, 6) is 0. The van der Waals surface area contributed by atoms with Gasteiger partial charge in [-0.05, 0) is 28.7 Å². The van der Waals surface area contributed by atoms with Crippen LogP contribution in [-0.4, -0.2) is 36.3 Å². The Balaban J connectivity index is 1.81. The van der Waals surface area contributed by atoms with Crippen LogP contribution in [0.4, 0.5) is 0 Å². The molecule has 3 rings (SSSR count). The molecule has 1 atom stereocenters. The maximum Gasteiger partial charge on any atom is 0.0787 e. The molecule has 0 radical (unpaired) electrons. The van der Waals surface area contributed by atoms with Gasteiger partial charge in [-0.25, -0.2) is 0 Å². The second kappa shape index (κ2) is 7.73. The predicted octanol–water partition coefficient (Wildman–Crippen LogP) is 3.63. The van der Waals surface area contributed by atoms with Gasteiger partial charge in [-0.3, -0.25) is 4.90 Å². The average molecular weight is 311 g/mol. The van der Waals surface area contributed by atoms with E-state index in [1.807, 2.05) is 19.1 Å². The van der Waals surface area contributed by atoms with Gasteiger partial charge < -0.3 is 9.84 Å². The lowest BCUT2D eigenvalue weighted by molar-refractivity contribution is 0.0342. The van der Waals surface area contributed by atoms with E-state index in [-0.39, 0.29) is 6.10 Å². The van der Waals surface area contributed by atoms with E-state index in [1.54, 1.807) is 0 Å². The summed E-state index contributed by atoms with van der Waals surface area (Å²) < 4.78 is 5.43. The highest BCUT2D eigenvalue weighted by Gasteiger charge is 2.13. The molecular weight excluding hydrogens is 286 g/mol. The second-order valence-corrected chi connectivity index (χ2v) is 6.09. The van der Waals surface area contributed by atoms with Gasteiger partial charge in [-0.2, -0.15) is 0 Å². The first-order valence-corrected chi connectivity index (χ1v) is 8.44. The van der Waals surface area contributed by atoms with E-state index in [2.05, 4.69) is 41.3 Å². The summed E-state index contributed by atoms with van der Waals surface area (Å²) >= 11 is 0. The monoisotopic (exact) mass is 311 g/mol. The highest BCUT2D eigenvalue weighted by Crippen LogP contribution is 2.27. The molecule has 3 nitrogen and oxygen atoms in total. The molecular formula is C20H25NO2. The third-order valence-corrected chi connectivity index (χ3v) is 4.51. The number of aliphatic hydroxyl groups is 1. The summed E-state index contributed by atoms with van der Waals surface area (Å²) in [6.45, 7) is 6.60. The Morgan fingerprint density at radius 2 is 1.74 bits per heavy atom. The molecule has 2 aromatic carbocycles. The van der Waals surface area contributed by atoms with Crippen molar-refractivity contribution in [1.82, 2.24) is 4.90 Å². The number of hydrogen-bond donors (Lipinski definition) is 1. The summed E-state index contributed by atoms with van der Waals surface area (Å²) in [5, 5.41) is 9.94. The molecule has 0 amide bonds.